The molecular formula is C25H38N4O3. The van der Waals surface area contributed by atoms with Crippen LogP contribution in [0.3, 0.4) is 0 Å². The molecule has 2 rings (SSSR count). The van der Waals surface area contributed by atoms with E-state index in [4.69, 9.17) is 19.2 Å². The number of rotatable bonds is 14. The highest BCUT2D eigenvalue weighted by Crippen LogP contribution is 2.17. The van der Waals surface area contributed by atoms with E-state index >= 15 is 0 Å². The second-order valence-electron chi connectivity index (χ2n) is 7.48. The van der Waals surface area contributed by atoms with E-state index < -0.39 is 0 Å². The molecule has 7 nitrogen and oxygen atoms in total. The molecule has 2 N–H and O–H groups in total. The van der Waals surface area contributed by atoms with E-state index in [-0.39, 0.29) is 0 Å². The number of ether oxygens (including phenoxy) is 3. The van der Waals surface area contributed by atoms with Crippen molar-refractivity contribution < 1.29 is 14.2 Å². The molecule has 0 atom stereocenters. The Morgan fingerprint density at radius 2 is 1.81 bits per heavy atom. The van der Waals surface area contributed by atoms with Crippen LogP contribution < -0.4 is 20.1 Å². The zero-order valence-corrected chi connectivity index (χ0v) is 19.9. The number of aliphatic imine (C=N–C) groups is 1. The fourth-order valence-corrected chi connectivity index (χ4v) is 3.15. The van der Waals surface area contributed by atoms with Crippen LogP contribution in [0.25, 0.3) is 0 Å². The van der Waals surface area contributed by atoms with E-state index in [2.05, 4.69) is 47.7 Å². The molecule has 176 valence electrons. The summed E-state index contributed by atoms with van der Waals surface area (Å²) in [6.07, 6.45) is 0.858. The first-order valence-electron chi connectivity index (χ1n) is 11.2. The highest BCUT2D eigenvalue weighted by atomic mass is 16.5. The normalized spacial score (nSPS) is 11.5. The first-order chi connectivity index (χ1) is 15.7. The summed E-state index contributed by atoms with van der Waals surface area (Å²) in [6.45, 7) is 7.33. The van der Waals surface area contributed by atoms with Gasteiger partial charge in [0.15, 0.2) is 5.96 Å². The van der Waals surface area contributed by atoms with E-state index in [1.807, 2.05) is 30.3 Å². The molecule has 0 aliphatic heterocycles. The maximum absolute atomic E-state index is 5.91. The van der Waals surface area contributed by atoms with Crippen molar-refractivity contribution in [2.45, 2.75) is 19.9 Å². The van der Waals surface area contributed by atoms with E-state index in [9.17, 15) is 0 Å². The van der Waals surface area contributed by atoms with E-state index in [1.54, 1.807) is 14.2 Å². The number of benzene rings is 2. The van der Waals surface area contributed by atoms with Crippen LogP contribution >= 0.6 is 0 Å². The second-order valence-corrected chi connectivity index (χ2v) is 7.48. The molecule has 0 aromatic heterocycles. The summed E-state index contributed by atoms with van der Waals surface area (Å²) in [5.41, 5.74) is 2.29. The Morgan fingerprint density at radius 3 is 2.59 bits per heavy atom. The van der Waals surface area contributed by atoms with Crippen molar-refractivity contribution in [2.24, 2.45) is 4.99 Å². The van der Waals surface area contributed by atoms with Crippen molar-refractivity contribution in [2.75, 3.05) is 60.7 Å². The highest BCUT2D eigenvalue weighted by molar-refractivity contribution is 5.79. The van der Waals surface area contributed by atoms with Crippen LogP contribution in [0.1, 0.15) is 18.1 Å². The zero-order valence-electron chi connectivity index (χ0n) is 19.9. The fraction of sp³-hybridized carbons (Fsp3) is 0.480. The minimum Gasteiger partial charge on any atom is -0.496 e. The van der Waals surface area contributed by atoms with E-state index in [0.29, 0.717) is 13.2 Å². The Bertz CT molecular complexity index is 813. The lowest BCUT2D eigenvalue weighted by Gasteiger charge is -2.16. The van der Waals surface area contributed by atoms with Crippen molar-refractivity contribution >= 4 is 5.96 Å². The molecule has 0 fully saturated rings. The standard InChI is InChI=1S/C25H38N4O3/c1-5-26-25(27-14-13-22-10-6-7-12-24(22)31-4)28-20-21-9-8-11-23(19-21)32-18-16-29(2)15-17-30-3/h6-12,19H,5,13-18,20H2,1-4H3,(H2,26,27,28). The molecule has 0 aliphatic rings. The maximum atomic E-state index is 5.91. The van der Waals surface area contributed by atoms with Gasteiger partial charge in [0.1, 0.15) is 18.1 Å². The smallest absolute Gasteiger partial charge is 0.191 e. The molecule has 32 heavy (non-hydrogen) atoms. The first kappa shape index (κ1) is 25.5. The third kappa shape index (κ3) is 9.58. The van der Waals surface area contributed by atoms with Gasteiger partial charge in [-0.15, -0.1) is 0 Å². The van der Waals surface area contributed by atoms with Crippen molar-refractivity contribution in [3.63, 3.8) is 0 Å². The van der Waals surface area contributed by atoms with Gasteiger partial charge in [-0.05, 0) is 49.7 Å². The number of likely N-dealkylation sites (N-methyl/N-ethyl adjacent to an activating group) is 1. The molecule has 2 aromatic carbocycles. The summed E-state index contributed by atoms with van der Waals surface area (Å²) < 4.78 is 16.4. The Balaban J connectivity index is 1.84. The number of guanidine groups is 1. The SMILES string of the molecule is CCNC(=NCc1cccc(OCCN(C)CCOC)c1)NCCc1ccccc1OC. The highest BCUT2D eigenvalue weighted by Gasteiger charge is 2.04. The van der Waals surface area contributed by atoms with E-state index in [1.165, 1.54) is 5.56 Å². The van der Waals surface area contributed by atoms with Crippen molar-refractivity contribution in [3.05, 3.63) is 59.7 Å². The Hall–Kier alpha value is -2.77. The molecule has 0 saturated carbocycles. The van der Waals surface area contributed by atoms with E-state index in [0.717, 1.165) is 62.2 Å². The quantitative estimate of drug-likeness (QED) is 0.346. The molecule has 7 heteroatoms. The molecule has 0 saturated heterocycles. The van der Waals surface area contributed by atoms with Crippen LogP contribution in [-0.4, -0.2) is 71.5 Å². The third-order valence-electron chi connectivity index (χ3n) is 4.96. The van der Waals surface area contributed by atoms with Gasteiger partial charge in [-0.25, -0.2) is 4.99 Å². The lowest BCUT2D eigenvalue weighted by atomic mass is 10.1. The molecule has 0 bridgehead atoms. The first-order valence-corrected chi connectivity index (χ1v) is 11.2. The van der Waals surface area contributed by atoms with Gasteiger partial charge in [0.25, 0.3) is 0 Å². The average molecular weight is 443 g/mol. The lowest BCUT2D eigenvalue weighted by molar-refractivity contribution is 0.150. The number of hydrogen-bond acceptors (Lipinski definition) is 5. The molecule has 0 unspecified atom stereocenters. The van der Waals surface area contributed by atoms with Gasteiger partial charge < -0.3 is 29.7 Å². The van der Waals surface area contributed by atoms with Crippen LogP contribution in [0.5, 0.6) is 11.5 Å². The number of methoxy groups -OCH3 is 2. The maximum Gasteiger partial charge on any atom is 0.191 e. The summed E-state index contributed by atoms with van der Waals surface area (Å²) in [5, 5.41) is 6.71. The predicted octanol–water partition coefficient (Wildman–Crippen LogP) is 2.95. The lowest BCUT2D eigenvalue weighted by Crippen LogP contribution is -2.38. The Labute approximate surface area is 192 Å². The molecule has 0 spiro atoms. The Morgan fingerprint density at radius 1 is 1.00 bits per heavy atom. The van der Waals surface area contributed by atoms with Gasteiger partial charge >= 0.3 is 0 Å². The van der Waals surface area contributed by atoms with Gasteiger partial charge in [-0.3, -0.25) is 0 Å². The molecule has 2 aromatic rings. The average Bonchev–Trinajstić information content (AvgIpc) is 2.81. The summed E-state index contributed by atoms with van der Waals surface area (Å²) in [6, 6.07) is 16.2. The fourth-order valence-electron chi connectivity index (χ4n) is 3.15. The number of nitrogens with zero attached hydrogens (tertiary/aromatic N) is 2. The van der Waals surface area contributed by atoms with Crippen molar-refractivity contribution in [1.29, 1.82) is 0 Å². The van der Waals surface area contributed by atoms with Crippen LogP contribution in [0.2, 0.25) is 0 Å². The molecule has 0 radical (unpaired) electrons. The topological polar surface area (TPSA) is 67.4 Å². The van der Waals surface area contributed by atoms with Crippen molar-refractivity contribution in [1.82, 2.24) is 15.5 Å². The Kier molecular flexibility index (Phi) is 12.0. The van der Waals surface area contributed by atoms with Gasteiger partial charge in [0.05, 0.1) is 20.3 Å². The minimum atomic E-state index is 0.578. The molecule has 0 amide bonds. The number of nitrogens with one attached hydrogen (secondary N) is 2. The van der Waals surface area contributed by atoms with Gasteiger partial charge in [-0.2, -0.15) is 0 Å². The molecule has 0 aliphatic carbocycles. The van der Waals surface area contributed by atoms with Gasteiger partial charge in [0.2, 0.25) is 0 Å². The van der Waals surface area contributed by atoms with Crippen molar-refractivity contribution in [3.8, 4) is 11.5 Å². The summed E-state index contributed by atoms with van der Waals surface area (Å²) >= 11 is 0. The molecular weight excluding hydrogens is 404 g/mol. The minimum absolute atomic E-state index is 0.578. The zero-order chi connectivity index (χ0) is 23.0. The third-order valence-corrected chi connectivity index (χ3v) is 4.96. The summed E-state index contributed by atoms with van der Waals surface area (Å²) in [5.74, 6) is 2.58. The van der Waals surface area contributed by atoms with Crippen LogP contribution in [-0.2, 0) is 17.7 Å². The van der Waals surface area contributed by atoms with Crippen LogP contribution in [0.15, 0.2) is 53.5 Å². The predicted molar refractivity (Wildman–Crippen MR) is 131 cm³/mol. The number of para-hydroxylation sites is 1. The number of hydrogen-bond donors (Lipinski definition) is 2. The largest absolute Gasteiger partial charge is 0.496 e. The van der Waals surface area contributed by atoms with Gasteiger partial charge in [0, 0.05) is 33.3 Å². The van der Waals surface area contributed by atoms with Crippen LogP contribution in [0.4, 0.5) is 0 Å². The van der Waals surface area contributed by atoms with Crippen LogP contribution in [0, 0.1) is 0 Å². The summed E-state index contributed by atoms with van der Waals surface area (Å²) in [4.78, 5) is 6.92. The summed E-state index contributed by atoms with van der Waals surface area (Å²) in [7, 11) is 5.49. The van der Waals surface area contributed by atoms with Gasteiger partial charge in [-0.1, -0.05) is 30.3 Å². The molecule has 0 heterocycles. The second kappa shape index (κ2) is 15.1. The monoisotopic (exact) mass is 442 g/mol.